The van der Waals surface area contributed by atoms with E-state index in [0.29, 0.717) is 19.6 Å². The maximum Gasteiger partial charge on any atom is 0.105 e. The van der Waals surface area contributed by atoms with Crippen LogP contribution >= 0.6 is 0 Å². The van der Waals surface area contributed by atoms with E-state index >= 15 is 0 Å². The Hall–Kier alpha value is 0.320. The predicted octanol–water partition coefficient (Wildman–Crippen LogP) is 4.23. The van der Waals surface area contributed by atoms with Crippen LogP contribution in [0.2, 0.25) is 0 Å². The highest BCUT2D eigenvalue weighted by Crippen LogP contribution is 2.13. The van der Waals surface area contributed by atoms with Crippen molar-refractivity contribution in [2.75, 3.05) is 26.4 Å². The molecular weight excluding hydrogens is 490 g/mol. The summed E-state index contributed by atoms with van der Waals surface area (Å²) in [5.74, 6) is 0. The van der Waals surface area contributed by atoms with E-state index in [-0.39, 0.29) is 29.2 Å². The molecule has 5 heteroatoms. The molecule has 0 aliphatic rings. The molecule has 0 aromatic carbocycles. The molecule has 0 bridgehead atoms. The van der Waals surface area contributed by atoms with Gasteiger partial charge in [0.15, 0.2) is 0 Å². The molecule has 0 amide bonds. The second kappa shape index (κ2) is 31.4. The summed E-state index contributed by atoms with van der Waals surface area (Å²) in [4.78, 5) is 0. The van der Waals surface area contributed by atoms with Gasteiger partial charge >= 0.3 is 0 Å². The maximum atomic E-state index is 10.00. The molecule has 0 radical (unpaired) electrons. The molecule has 4 nitrogen and oxygen atoms in total. The third kappa shape index (κ3) is 28.6. The number of hydrogen-bond acceptors (Lipinski definition) is 3. The molecule has 0 aromatic rings. The Labute approximate surface area is 224 Å². The summed E-state index contributed by atoms with van der Waals surface area (Å²) < 4.78 is 12.0. The lowest BCUT2D eigenvalue weighted by molar-refractivity contribution is -0.385. The van der Waals surface area contributed by atoms with Crippen LogP contribution < -0.4 is 22.7 Å². The predicted molar refractivity (Wildman–Crippen MR) is 143 cm³/mol. The lowest BCUT2D eigenvalue weighted by Crippen LogP contribution is -3.00. The fourth-order valence-corrected chi connectivity index (χ4v) is 4.35. The van der Waals surface area contributed by atoms with Gasteiger partial charge in [0.1, 0.15) is 12.6 Å². The highest BCUT2D eigenvalue weighted by atomic mass is 79.9. The lowest BCUT2D eigenvalue weighted by Gasteiger charge is -2.20. The summed E-state index contributed by atoms with van der Waals surface area (Å²) in [5, 5.41) is 10.00. The largest absolute Gasteiger partial charge is 1.00 e. The van der Waals surface area contributed by atoms with Gasteiger partial charge in [-0.25, -0.2) is 0 Å². The van der Waals surface area contributed by atoms with Gasteiger partial charge in [-0.1, -0.05) is 129 Å². The average molecular weight is 553 g/mol. The summed E-state index contributed by atoms with van der Waals surface area (Å²) in [7, 11) is 0. The number of aliphatic hydroxyl groups excluding tert-OH is 1. The van der Waals surface area contributed by atoms with Crippen molar-refractivity contribution in [3.05, 3.63) is 0 Å². The van der Waals surface area contributed by atoms with Crippen molar-refractivity contribution in [3.63, 3.8) is 0 Å². The van der Waals surface area contributed by atoms with Crippen LogP contribution in [0.3, 0.4) is 0 Å². The van der Waals surface area contributed by atoms with Crippen molar-refractivity contribution < 1.29 is 37.3 Å². The Kier molecular flexibility index (Phi) is 33.6. The molecule has 4 N–H and O–H groups in total. The summed E-state index contributed by atoms with van der Waals surface area (Å²) in [6.45, 7) is 7.29. The van der Waals surface area contributed by atoms with Gasteiger partial charge in [0.25, 0.3) is 0 Å². The molecule has 0 saturated heterocycles. The van der Waals surface area contributed by atoms with Gasteiger partial charge in [-0.15, -0.1) is 0 Å². The second-order valence-electron chi connectivity index (χ2n) is 10.1. The smallest absolute Gasteiger partial charge is 0.105 e. The molecule has 0 spiro atoms. The molecule has 0 fully saturated rings. The summed E-state index contributed by atoms with van der Waals surface area (Å²) in [6.07, 6.45) is 27.1. The summed E-state index contributed by atoms with van der Waals surface area (Å²) >= 11 is 0. The number of rotatable bonds is 28. The van der Waals surface area contributed by atoms with Crippen molar-refractivity contribution in [2.24, 2.45) is 0 Å². The van der Waals surface area contributed by atoms with Crippen LogP contribution in [0, 0.1) is 0 Å². The zero-order chi connectivity index (χ0) is 24.2. The first kappa shape index (κ1) is 36.5. The van der Waals surface area contributed by atoms with E-state index < -0.39 is 0 Å². The summed E-state index contributed by atoms with van der Waals surface area (Å²) in [6, 6.07) is 0. The van der Waals surface area contributed by atoms with Gasteiger partial charge in [-0.3, -0.25) is 0 Å². The van der Waals surface area contributed by atoms with Crippen molar-refractivity contribution in [1.29, 1.82) is 0 Å². The highest BCUT2D eigenvalue weighted by Gasteiger charge is 2.15. The minimum Gasteiger partial charge on any atom is -1.00 e. The SMILES string of the molecule is CCCCCCCCCCCCOCC(CC(O)C[NH3+])OCCCCCCCCCCCC.[Br-]. The van der Waals surface area contributed by atoms with E-state index in [4.69, 9.17) is 9.47 Å². The van der Waals surface area contributed by atoms with E-state index in [9.17, 15) is 5.11 Å². The van der Waals surface area contributed by atoms with Gasteiger partial charge in [-0.05, 0) is 12.8 Å². The maximum absolute atomic E-state index is 10.00. The first-order valence-corrected chi connectivity index (χ1v) is 14.9. The third-order valence-corrected chi connectivity index (χ3v) is 6.67. The minimum atomic E-state index is -0.386. The first-order valence-electron chi connectivity index (χ1n) is 14.9. The molecule has 0 heterocycles. The highest BCUT2D eigenvalue weighted by molar-refractivity contribution is 4.64. The Balaban J connectivity index is 0. The second-order valence-corrected chi connectivity index (χ2v) is 10.1. The molecule has 0 rings (SSSR count). The van der Waals surface area contributed by atoms with Gasteiger partial charge < -0.3 is 37.3 Å². The van der Waals surface area contributed by atoms with Crippen LogP contribution in [0.5, 0.6) is 0 Å². The Bertz CT molecular complexity index is 360. The number of aliphatic hydroxyl groups is 1. The lowest BCUT2D eigenvalue weighted by atomic mass is 10.1. The van der Waals surface area contributed by atoms with Crippen molar-refractivity contribution in [3.8, 4) is 0 Å². The molecular formula is C29H62BrNO3. The topological polar surface area (TPSA) is 66.3 Å². The normalized spacial score (nSPS) is 13.1. The molecule has 208 valence electrons. The van der Waals surface area contributed by atoms with Crippen LogP contribution in [0.1, 0.15) is 149 Å². The monoisotopic (exact) mass is 551 g/mol. The molecule has 0 saturated carbocycles. The molecule has 0 aromatic heterocycles. The zero-order valence-corrected chi connectivity index (χ0v) is 24.8. The fraction of sp³-hybridized carbons (Fsp3) is 1.00. The van der Waals surface area contributed by atoms with Gasteiger partial charge in [0.05, 0.1) is 12.7 Å². The van der Waals surface area contributed by atoms with Crippen LogP contribution in [0.25, 0.3) is 0 Å². The van der Waals surface area contributed by atoms with Crippen molar-refractivity contribution >= 4 is 0 Å². The van der Waals surface area contributed by atoms with Crippen LogP contribution in [0.4, 0.5) is 0 Å². The zero-order valence-electron chi connectivity index (χ0n) is 23.2. The quantitative estimate of drug-likeness (QED) is 0.143. The third-order valence-electron chi connectivity index (χ3n) is 6.67. The fourth-order valence-electron chi connectivity index (χ4n) is 4.35. The standard InChI is InChI=1S/C29H61NO3.BrH/c1-3-5-7-9-11-13-15-17-19-21-23-32-27-29(25-28(31)26-30)33-24-22-20-18-16-14-12-10-8-6-4-2;/h28-29,31H,3-27,30H2,1-2H3;1H. The number of halogens is 1. The van der Waals surface area contributed by atoms with Crippen LogP contribution in [0.15, 0.2) is 0 Å². The van der Waals surface area contributed by atoms with Gasteiger partial charge in [-0.2, -0.15) is 0 Å². The summed E-state index contributed by atoms with van der Waals surface area (Å²) in [5.41, 5.74) is 3.82. The van der Waals surface area contributed by atoms with E-state index in [1.807, 2.05) is 0 Å². The Morgan fingerprint density at radius 3 is 1.38 bits per heavy atom. The Morgan fingerprint density at radius 1 is 0.588 bits per heavy atom. The molecule has 0 aliphatic carbocycles. The molecule has 34 heavy (non-hydrogen) atoms. The molecule has 2 atom stereocenters. The number of ether oxygens (including phenoxy) is 2. The Morgan fingerprint density at radius 2 is 0.971 bits per heavy atom. The van der Waals surface area contributed by atoms with Crippen molar-refractivity contribution in [1.82, 2.24) is 0 Å². The van der Waals surface area contributed by atoms with E-state index in [1.54, 1.807) is 0 Å². The number of unbranched alkanes of at least 4 members (excludes halogenated alkanes) is 18. The van der Waals surface area contributed by atoms with Gasteiger partial charge in [0, 0.05) is 19.6 Å². The van der Waals surface area contributed by atoms with E-state index in [2.05, 4.69) is 19.6 Å². The first-order chi connectivity index (χ1) is 16.2. The van der Waals surface area contributed by atoms with Gasteiger partial charge in [0.2, 0.25) is 0 Å². The number of quaternary nitrogens is 1. The number of hydrogen-bond donors (Lipinski definition) is 2. The molecule has 2 unspecified atom stereocenters. The average Bonchev–Trinajstić information content (AvgIpc) is 2.82. The van der Waals surface area contributed by atoms with E-state index in [1.165, 1.54) is 116 Å². The minimum absolute atomic E-state index is 0. The van der Waals surface area contributed by atoms with Crippen LogP contribution in [-0.4, -0.2) is 43.7 Å². The molecule has 0 aliphatic heterocycles. The van der Waals surface area contributed by atoms with Crippen LogP contribution in [-0.2, 0) is 9.47 Å². The van der Waals surface area contributed by atoms with Crippen molar-refractivity contribution in [2.45, 2.75) is 161 Å². The van der Waals surface area contributed by atoms with E-state index in [0.717, 1.165) is 26.1 Å².